The number of hydrogen-bond donors (Lipinski definition) is 1. The average Bonchev–Trinajstić information content (AvgIpc) is 3.14. The Kier molecular flexibility index (Phi) is 4.67. The lowest BCUT2D eigenvalue weighted by Crippen LogP contribution is -2.30. The van der Waals surface area contributed by atoms with E-state index in [1.165, 1.54) is 17.8 Å². The molecule has 0 radical (unpaired) electrons. The fraction of sp³-hybridized carbons (Fsp3) is 0.263. The summed E-state index contributed by atoms with van der Waals surface area (Å²) in [5.74, 6) is 0.313. The Balaban J connectivity index is 1.65. The van der Waals surface area contributed by atoms with E-state index in [4.69, 9.17) is 4.74 Å². The number of carbonyl (C=O) groups excluding carboxylic acids is 1. The van der Waals surface area contributed by atoms with Gasteiger partial charge in [-0.2, -0.15) is 4.52 Å². The molecular formula is C19H19N7O3. The zero-order valence-corrected chi connectivity index (χ0v) is 16.2. The minimum absolute atomic E-state index is 0.0457. The van der Waals surface area contributed by atoms with Crippen molar-refractivity contribution in [3.8, 4) is 5.88 Å². The van der Waals surface area contributed by atoms with Gasteiger partial charge in [0.25, 0.3) is 5.91 Å². The average molecular weight is 393 g/mol. The molecular weight excluding hydrogens is 374 g/mol. The summed E-state index contributed by atoms with van der Waals surface area (Å²) in [5.41, 5.74) is 1.58. The Morgan fingerprint density at radius 2 is 2.03 bits per heavy atom. The number of fused-ring (bicyclic) bond motifs is 2. The summed E-state index contributed by atoms with van der Waals surface area (Å²) in [4.78, 5) is 30.0. The van der Waals surface area contributed by atoms with E-state index < -0.39 is 5.91 Å². The molecule has 4 aromatic rings. The first kappa shape index (κ1) is 18.5. The fourth-order valence-electron chi connectivity index (χ4n) is 3.05. The molecule has 148 valence electrons. The molecule has 0 spiro atoms. The Morgan fingerprint density at radius 1 is 1.21 bits per heavy atom. The molecule has 0 atom stereocenters. The van der Waals surface area contributed by atoms with Gasteiger partial charge in [-0.3, -0.25) is 9.59 Å². The Bertz CT molecular complexity index is 1290. The van der Waals surface area contributed by atoms with E-state index in [9.17, 15) is 9.59 Å². The van der Waals surface area contributed by atoms with Crippen molar-refractivity contribution in [1.29, 1.82) is 0 Å². The summed E-state index contributed by atoms with van der Waals surface area (Å²) in [5, 5.41) is 15.4. The standard InChI is InChI=1S/C19H19N7O3/c1-4-25-10-13(17(27)12-6-5-11(2)21-18(12)25)19(28)20-9-15-23-22-14-7-8-16(29-3)24-26(14)15/h5-8,10H,4,9H2,1-3H3,(H,20,28). The Hall–Kier alpha value is -3.82. The van der Waals surface area contributed by atoms with E-state index in [-0.39, 0.29) is 17.5 Å². The second-order valence-corrected chi connectivity index (χ2v) is 6.43. The van der Waals surface area contributed by atoms with Crippen LogP contribution in [0.4, 0.5) is 0 Å². The third-order valence-corrected chi connectivity index (χ3v) is 4.57. The van der Waals surface area contributed by atoms with Crippen LogP contribution in [0.2, 0.25) is 0 Å². The zero-order chi connectivity index (χ0) is 20.5. The maximum atomic E-state index is 12.8. The van der Waals surface area contributed by atoms with E-state index in [0.717, 1.165) is 5.69 Å². The molecule has 0 saturated heterocycles. The number of aryl methyl sites for hydroxylation is 2. The van der Waals surface area contributed by atoms with Crippen LogP contribution in [0.25, 0.3) is 16.7 Å². The highest BCUT2D eigenvalue weighted by Gasteiger charge is 2.17. The number of nitrogens with one attached hydrogen (secondary N) is 1. The lowest BCUT2D eigenvalue weighted by molar-refractivity contribution is 0.0948. The molecule has 1 amide bonds. The van der Waals surface area contributed by atoms with Gasteiger partial charge < -0.3 is 14.6 Å². The predicted octanol–water partition coefficient (Wildman–Crippen LogP) is 1.10. The summed E-state index contributed by atoms with van der Waals surface area (Å²) >= 11 is 0. The smallest absolute Gasteiger partial charge is 0.257 e. The molecule has 4 aromatic heterocycles. The first-order valence-electron chi connectivity index (χ1n) is 9.06. The number of methoxy groups -OCH3 is 1. The highest BCUT2D eigenvalue weighted by atomic mass is 16.5. The number of ether oxygens (including phenoxy) is 1. The molecule has 10 nitrogen and oxygen atoms in total. The van der Waals surface area contributed by atoms with Crippen molar-refractivity contribution >= 4 is 22.6 Å². The Labute approximate surface area is 165 Å². The van der Waals surface area contributed by atoms with Gasteiger partial charge in [-0.15, -0.1) is 15.3 Å². The van der Waals surface area contributed by atoms with E-state index in [0.29, 0.717) is 34.9 Å². The van der Waals surface area contributed by atoms with Crippen LogP contribution in [-0.4, -0.2) is 42.4 Å². The third kappa shape index (κ3) is 3.28. The van der Waals surface area contributed by atoms with Gasteiger partial charge >= 0.3 is 0 Å². The van der Waals surface area contributed by atoms with Gasteiger partial charge in [-0.25, -0.2) is 4.98 Å². The molecule has 0 unspecified atom stereocenters. The number of amides is 1. The normalized spacial score (nSPS) is 11.1. The molecule has 0 aliphatic carbocycles. The summed E-state index contributed by atoms with van der Waals surface area (Å²) < 4.78 is 8.38. The van der Waals surface area contributed by atoms with Gasteiger partial charge in [0.05, 0.1) is 19.0 Å². The summed E-state index contributed by atoms with van der Waals surface area (Å²) in [6.45, 7) is 4.41. The molecule has 0 aliphatic rings. The second kappa shape index (κ2) is 7.30. The van der Waals surface area contributed by atoms with Gasteiger partial charge in [-0.05, 0) is 32.0 Å². The minimum atomic E-state index is -0.501. The van der Waals surface area contributed by atoms with Crippen LogP contribution >= 0.6 is 0 Å². The van der Waals surface area contributed by atoms with Crippen molar-refractivity contribution in [3.05, 3.63) is 57.8 Å². The SMILES string of the molecule is CCn1cc(C(=O)NCc2nnc3ccc(OC)nn23)c(=O)c2ccc(C)nc21. The van der Waals surface area contributed by atoms with E-state index >= 15 is 0 Å². The first-order valence-corrected chi connectivity index (χ1v) is 9.06. The van der Waals surface area contributed by atoms with Crippen LogP contribution in [-0.2, 0) is 13.1 Å². The first-order chi connectivity index (χ1) is 14.0. The van der Waals surface area contributed by atoms with Crippen molar-refractivity contribution in [2.75, 3.05) is 7.11 Å². The minimum Gasteiger partial charge on any atom is -0.480 e. The number of aromatic nitrogens is 6. The van der Waals surface area contributed by atoms with Crippen LogP contribution < -0.4 is 15.5 Å². The lowest BCUT2D eigenvalue weighted by atomic mass is 10.1. The molecule has 0 bridgehead atoms. The molecule has 10 heteroatoms. The topological polar surface area (TPSA) is 116 Å². The van der Waals surface area contributed by atoms with Crippen molar-refractivity contribution in [2.45, 2.75) is 26.9 Å². The number of carbonyl (C=O) groups is 1. The van der Waals surface area contributed by atoms with Crippen molar-refractivity contribution < 1.29 is 9.53 Å². The van der Waals surface area contributed by atoms with Crippen LogP contribution in [0, 0.1) is 6.92 Å². The molecule has 29 heavy (non-hydrogen) atoms. The Morgan fingerprint density at radius 3 is 2.79 bits per heavy atom. The monoisotopic (exact) mass is 393 g/mol. The summed E-state index contributed by atoms with van der Waals surface area (Å²) in [6.07, 6.45) is 1.54. The second-order valence-electron chi connectivity index (χ2n) is 6.43. The quantitative estimate of drug-likeness (QED) is 0.540. The zero-order valence-electron chi connectivity index (χ0n) is 16.2. The van der Waals surface area contributed by atoms with Gasteiger partial charge in [0, 0.05) is 24.5 Å². The highest BCUT2D eigenvalue weighted by Crippen LogP contribution is 2.12. The molecule has 1 N–H and O–H groups in total. The number of pyridine rings is 2. The van der Waals surface area contributed by atoms with Gasteiger partial charge in [0.2, 0.25) is 11.3 Å². The van der Waals surface area contributed by atoms with E-state index in [1.54, 1.807) is 28.8 Å². The maximum absolute atomic E-state index is 12.8. The fourth-order valence-corrected chi connectivity index (χ4v) is 3.05. The molecule has 4 heterocycles. The van der Waals surface area contributed by atoms with Crippen LogP contribution in [0.5, 0.6) is 5.88 Å². The molecule has 4 rings (SSSR count). The van der Waals surface area contributed by atoms with Crippen molar-refractivity contribution in [3.63, 3.8) is 0 Å². The molecule has 0 aliphatic heterocycles. The maximum Gasteiger partial charge on any atom is 0.257 e. The van der Waals surface area contributed by atoms with Crippen molar-refractivity contribution in [1.82, 2.24) is 34.7 Å². The number of nitrogens with zero attached hydrogens (tertiary/aromatic N) is 6. The molecule has 0 aromatic carbocycles. The third-order valence-electron chi connectivity index (χ3n) is 4.57. The van der Waals surface area contributed by atoms with Gasteiger partial charge in [-0.1, -0.05) is 0 Å². The summed E-state index contributed by atoms with van der Waals surface area (Å²) in [7, 11) is 1.51. The predicted molar refractivity (Wildman–Crippen MR) is 105 cm³/mol. The molecule has 0 fully saturated rings. The van der Waals surface area contributed by atoms with Gasteiger partial charge in [0.15, 0.2) is 11.5 Å². The van der Waals surface area contributed by atoms with Crippen LogP contribution in [0.1, 0.15) is 28.8 Å². The largest absolute Gasteiger partial charge is 0.480 e. The van der Waals surface area contributed by atoms with Crippen LogP contribution in [0.3, 0.4) is 0 Å². The summed E-state index contributed by atoms with van der Waals surface area (Å²) in [6, 6.07) is 6.84. The van der Waals surface area contributed by atoms with E-state index in [1.807, 2.05) is 13.8 Å². The lowest BCUT2D eigenvalue weighted by Gasteiger charge is -2.11. The van der Waals surface area contributed by atoms with Gasteiger partial charge in [0.1, 0.15) is 11.2 Å². The highest BCUT2D eigenvalue weighted by molar-refractivity contribution is 5.96. The van der Waals surface area contributed by atoms with Crippen LogP contribution in [0.15, 0.2) is 35.3 Å². The van der Waals surface area contributed by atoms with Crippen molar-refractivity contribution in [2.24, 2.45) is 0 Å². The number of rotatable bonds is 5. The molecule has 0 saturated carbocycles. The van der Waals surface area contributed by atoms with E-state index in [2.05, 4.69) is 25.6 Å². The number of hydrogen-bond acceptors (Lipinski definition) is 7.